The molecule has 1 heterocycles. The molecule has 2 fully saturated rings. The van der Waals surface area contributed by atoms with Crippen LogP contribution in [0.3, 0.4) is 0 Å². The van der Waals surface area contributed by atoms with Crippen molar-refractivity contribution >= 4 is 23.2 Å². The number of hydrogen-bond donors (Lipinski definition) is 1. The fraction of sp³-hybridized carbons (Fsp3) is 0.600. The highest BCUT2D eigenvalue weighted by atomic mass is 16.2. The molecule has 25 heavy (non-hydrogen) atoms. The molecular formula is C20H29N3O2. The molecule has 1 aromatic carbocycles. The van der Waals surface area contributed by atoms with Crippen molar-refractivity contribution in [2.24, 2.45) is 5.41 Å². The Morgan fingerprint density at radius 3 is 2.16 bits per heavy atom. The molecule has 2 aliphatic rings. The Labute approximate surface area is 150 Å². The van der Waals surface area contributed by atoms with Crippen LogP contribution in [-0.2, 0) is 9.59 Å². The maximum Gasteiger partial charge on any atom is 0.240 e. The Bertz CT molecular complexity index is 612. The van der Waals surface area contributed by atoms with E-state index in [4.69, 9.17) is 0 Å². The molecule has 1 saturated carbocycles. The number of carbonyl (C=O) groups excluding carboxylic acids is 2. The van der Waals surface area contributed by atoms with E-state index in [9.17, 15) is 9.59 Å². The van der Waals surface area contributed by atoms with Crippen LogP contribution in [0.25, 0.3) is 0 Å². The van der Waals surface area contributed by atoms with E-state index in [2.05, 4.69) is 22.3 Å². The molecule has 0 unspecified atom stereocenters. The average molecular weight is 343 g/mol. The summed E-state index contributed by atoms with van der Waals surface area (Å²) in [5.41, 5.74) is 1.14. The number of hydrogen-bond acceptors (Lipinski definition) is 3. The number of carbonyl (C=O) groups is 2. The second-order valence-electron chi connectivity index (χ2n) is 7.11. The van der Waals surface area contributed by atoms with Crippen LogP contribution in [0.4, 0.5) is 11.4 Å². The molecule has 136 valence electrons. The molecule has 1 aliphatic heterocycles. The van der Waals surface area contributed by atoms with Crippen LogP contribution in [0.1, 0.15) is 46.0 Å². The zero-order valence-corrected chi connectivity index (χ0v) is 15.4. The highest BCUT2D eigenvalue weighted by Crippen LogP contribution is 2.48. The molecule has 1 aromatic rings. The minimum atomic E-state index is -0.836. The molecule has 5 heteroatoms. The van der Waals surface area contributed by atoms with Gasteiger partial charge in [-0.2, -0.15) is 0 Å². The van der Waals surface area contributed by atoms with Gasteiger partial charge in [-0.15, -0.1) is 0 Å². The molecule has 0 aromatic heterocycles. The Balaban J connectivity index is 1.64. The maximum atomic E-state index is 12.7. The predicted molar refractivity (Wildman–Crippen MR) is 101 cm³/mol. The van der Waals surface area contributed by atoms with Gasteiger partial charge in [-0.3, -0.25) is 9.59 Å². The molecule has 1 aliphatic carbocycles. The molecule has 3 rings (SSSR count). The van der Waals surface area contributed by atoms with Gasteiger partial charge in [-0.1, -0.05) is 0 Å². The van der Waals surface area contributed by atoms with E-state index in [1.807, 2.05) is 26.0 Å². The van der Waals surface area contributed by atoms with Crippen molar-refractivity contribution in [3.05, 3.63) is 24.3 Å². The molecule has 0 bridgehead atoms. The van der Waals surface area contributed by atoms with Crippen LogP contribution >= 0.6 is 0 Å². The standard InChI is InChI=1S/C20H29N3O2/c1-3-22(4-2)19(25)20(12-13-20)18(24)21-16-8-10-17(11-9-16)23-14-6-5-7-15-23/h8-11H,3-7,12-15H2,1-2H3,(H,21,24). The largest absolute Gasteiger partial charge is 0.372 e. The number of anilines is 2. The average Bonchev–Trinajstić information content (AvgIpc) is 3.46. The van der Waals surface area contributed by atoms with Gasteiger partial charge in [0.2, 0.25) is 11.8 Å². The van der Waals surface area contributed by atoms with E-state index in [1.54, 1.807) is 4.90 Å². The summed E-state index contributed by atoms with van der Waals surface area (Å²) in [6.07, 6.45) is 5.11. The zero-order valence-electron chi connectivity index (χ0n) is 15.4. The van der Waals surface area contributed by atoms with Crippen molar-refractivity contribution in [3.63, 3.8) is 0 Å². The quantitative estimate of drug-likeness (QED) is 0.807. The van der Waals surface area contributed by atoms with Crippen LogP contribution in [-0.4, -0.2) is 42.9 Å². The SMILES string of the molecule is CCN(CC)C(=O)C1(C(=O)Nc2ccc(N3CCCCC3)cc2)CC1. The Morgan fingerprint density at radius 1 is 1.04 bits per heavy atom. The lowest BCUT2D eigenvalue weighted by molar-refractivity contribution is -0.141. The Hall–Kier alpha value is -2.04. The second kappa shape index (κ2) is 7.46. The van der Waals surface area contributed by atoms with Gasteiger partial charge in [-0.25, -0.2) is 0 Å². The van der Waals surface area contributed by atoms with Crippen molar-refractivity contribution in [3.8, 4) is 0 Å². The Morgan fingerprint density at radius 2 is 1.64 bits per heavy atom. The van der Waals surface area contributed by atoms with Crippen molar-refractivity contribution in [1.29, 1.82) is 0 Å². The summed E-state index contributed by atoms with van der Waals surface area (Å²) in [6, 6.07) is 8.01. The molecule has 2 amide bonds. The van der Waals surface area contributed by atoms with E-state index >= 15 is 0 Å². The fourth-order valence-electron chi connectivity index (χ4n) is 3.63. The minimum Gasteiger partial charge on any atom is -0.372 e. The normalized spacial score (nSPS) is 18.6. The number of nitrogens with zero attached hydrogens (tertiary/aromatic N) is 2. The summed E-state index contributed by atoms with van der Waals surface area (Å²) in [6.45, 7) is 7.41. The third-order valence-electron chi connectivity index (χ3n) is 5.49. The topological polar surface area (TPSA) is 52.7 Å². The first-order valence-electron chi connectivity index (χ1n) is 9.56. The van der Waals surface area contributed by atoms with Crippen LogP contribution < -0.4 is 10.2 Å². The number of piperidine rings is 1. The van der Waals surface area contributed by atoms with Crippen molar-refractivity contribution in [1.82, 2.24) is 4.90 Å². The number of rotatable bonds is 6. The minimum absolute atomic E-state index is 0.0278. The molecule has 1 saturated heterocycles. The first kappa shape index (κ1) is 17.8. The highest BCUT2D eigenvalue weighted by molar-refractivity contribution is 6.13. The molecule has 5 nitrogen and oxygen atoms in total. The molecular weight excluding hydrogens is 314 g/mol. The predicted octanol–water partition coefficient (Wildman–Crippen LogP) is 3.26. The first-order chi connectivity index (χ1) is 12.1. The lowest BCUT2D eigenvalue weighted by atomic mass is 10.0. The van der Waals surface area contributed by atoms with E-state index in [0.717, 1.165) is 18.8 Å². The van der Waals surface area contributed by atoms with Gasteiger partial charge in [0.15, 0.2) is 0 Å². The van der Waals surface area contributed by atoms with Crippen LogP contribution in [0, 0.1) is 5.41 Å². The van der Waals surface area contributed by atoms with E-state index in [0.29, 0.717) is 25.9 Å². The summed E-state index contributed by atoms with van der Waals surface area (Å²) in [5.74, 6) is -0.185. The van der Waals surface area contributed by atoms with Crippen LogP contribution in [0.15, 0.2) is 24.3 Å². The van der Waals surface area contributed by atoms with Crippen LogP contribution in [0.2, 0.25) is 0 Å². The molecule has 0 spiro atoms. The van der Waals surface area contributed by atoms with Gasteiger partial charge in [0, 0.05) is 37.6 Å². The van der Waals surface area contributed by atoms with Gasteiger partial charge >= 0.3 is 0 Å². The van der Waals surface area contributed by atoms with Crippen molar-refractivity contribution in [2.75, 3.05) is 36.4 Å². The summed E-state index contributed by atoms with van der Waals surface area (Å²) < 4.78 is 0. The van der Waals surface area contributed by atoms with E-state index < -0.39 is 5.41 Å². The second-order valence-corrected chi connectivity index (χ2v) is 7.11. The third-order valence-corrected chi connectivity index (χ3v) is 5.49. The number of nitrogens with one attached hydrogen (secondary N) is 1. The fourth-order valence-corrected chi connectivity index (χ4v) is 3.63. The zero-order chi connectivity index (χ0) is 17.9. The monoisotopic (exact) mass is 343 g/mol. The number of benzene rings is 1. The first-order valence-corrected chi connectivity index (χ1v) is 9.56. The van der Waals surface area contributed by atoms with Gasteiger partial charge < -0.3 is 15.1 Å². The number of amides is 2. The molecule has 0 radical (unpaired) electrons. The molecule has 0 atom stereocenters. The summed E-state index contributed by atoms with van der Waals surface area (Å²) in [5, 5.41) is 2.95. The van der Waals surface area contributed by atoms with Gasteiger partial charge in [0.05, 0.1) is 0 Å². The summed E-state index contributed by atoms with van der Waals surface area (Å²) >= 11 is 0. The summed E-state index contributed by atoms with van der Waals surface area (Å²) in [7, 11) is 0. The molecule has 1 N–H and O–H groups in total. The van der Waals surface area contributed by atoms with Gasteiger partial charge in [0.25, 0.3) is 0 Å². The smallest absolute Gasteiger partial charge is 0.240 e. The third kappa shape index (κ3) is 3.65. The lowest BCUT2D eigenvalue weighted by Gasteiger charge is -2.29. The van der Waals surface area contributed by atoms with Gasteiger partial charge in [0.1, 0.15) is 5.41 Å². The van der Waals surface area contributed by atoms with Gasteiger partial charge in [-0.05, 0) is 70.2 Å². The van der Waals surface area contributed by atoms with Crippen molar-refractivity contribution < 1.29 is 9.59 Å². The Kier molecular flexibility index (Phi) is 5.30. The lowest BCUT2D eigenvalue weighted by Crippen LogP contribution is -2.42. The van der Waals surface area contributed by atoms with E-state index in [-0.39, 0.29) is 11.8 Å². The highest BCUT2D eigenvalue weighted by Gasteiger charge is 2.57. The summed E-state index contributed by atoms with van der Waals surface area (Å²) in [4.78, 5) is 29.5. The maximum absolute atomic E-state index is 12.7. The van der Waals surface area contributed by atoms with E-state index in [1.165, 1.54) is 24.9 Å². The van der Waals surface area contributed by atoms with Crippen LogP contribution in [0.5, 0.6) is 0 Å². The van der Waals surface area contributed by atoms with Crippen molar-refractivity contribution in [2.45, 2.75) is 46.0 Å².